The Morgan fingerprint density at radius 2 is 1.94 bits per heavy atom. The van der Waals surface area contributed by atoms with Crippen LogP contribution in [0.5, 0.6) is 0 Å². The summed E-state index contributed by atoms with van der Waals surface area (Å²) in [6.07, 6.45) is 9.07. The molecule has 0 amide bonds. The molecule has 0 saturated heterocycles. The fourth-order valence-electron chi connectivity index (χ4n) is 1.56. The van der Waals surface area contributed by atoms with Gasteiger partial charge in [-0.05, 0) is 12.1 Å². The van der Waals surface area contributed by atoms with Crippen LogP contribution in [0.4, 0.5) is 0 Å². The van der Waals surface area contributed by atoms with E-state index in [1.165, 1.54) is 5.39 Å². The molecule has 1 aromatic carbocycles. The highest BCUT2D eigenvalue weighted by molar-refractivity contribution is 5.77. The summed E-state index contributed by atoms with van der Waals surface area (Å²) in [5.74, 6) is 0. The Bertz CT molecular complexity index is 534. The van der Waals surface area contributed by atoms with Gasteiger partial charge in [0.15, 0.2) is 0 Å². The number of benzene rings is 1. The molecule has 0 aliphatic heterocycles. The minimum atomic E-state index is 0.847. The monoisotopic (exact) mass is 237 g/mol. The summed E-state index contributed by atoms with van der Waals surface area (Å²) < 4.78 is 1.95. The minimum Gasteiger partial charge on any atom is -0.334 e. The number of imidazole rings is 1. The maximum absolute atomic E-state index is 4.18. The molecule has 0 radical (unpaired) electrons. The molecule has 0 aliphatic rings. The fourth-order valence-corrected chi connectivity index (χ4v) is 1.56. The summed E-state index contributed by atoms with van der Waals surface area (Å²) in [5.41, 5.74) is 1.06. The lowest BCUT2D eigenvalue weighted by atomic mass is 10.2. The molecule has 2 aromatic heterocycles. The molecule has 3 nitrogen and oxygen atoms in total. The number of rotatable bonds is 2. The van der Waals surface area contributed by atoms with Crippen LogP contribution in [0.2, 0.25) is 0 Å². The van der Waals surface area contributed by atoms with Gasteiger partial charge in [-0.1, -0.05) is 30.3 Å². The zero-order valence-electron chi connectivity index (χ0n) is 10.1. The second kappa shape index (κ2) is 6.35. The normalized spacial score (nSPS) is 9.56. The van der Waals surface area contributed by atoms with Gasteiger partial charge in [0.25, 0.3) is 0 Å². The van der Waals surface area contributed by atoms with Crippen molar-refractivity contribution in [3.05, 3.63) is 74.0 Å². The van der Waals surface area contributed by atoms with Crippen LogP contribution >= 0.6 is 0 Å². The number of hydrogen-bond acceptors (Lipinski definition) is 2. The zero-order valence-corrected chi connectivity index (χ0v) is 10.1. The smallest absolute Gasteiger partial charge is 0.0948 e. The molecule has 90 valence electrons. The third-order valence-electron chi connectivity index (χ3n) is 2.41. The van der Waals surface area contributed by atoms with Crippen LogP contribution in [-0.2, 0) is 6.54 Å². The van der Waals surface area contributed by atoms with E-state index in [1.807, 2.05) is 47.3 Å². The van der Waals surface area contributed by atoms with Gasteiger partial charge in [0.2, 0.25) is 0 Å². The molecule has 3 heteroatoms. The molecule has 2 heterocycles. The molecule has 0 aliphatic carbocycles. The van der Waals surface area contributed by atoms with Gasteiger partial charge in [-0.15, -0.1) is 6.58 Å². The van der Waals surface area contributed by atoms with Gasteiger partial charge >= 0.3 is 0 Å². The predicted molar refractivity (Wildman–Crippen MR) is 74.2 cm³/mol. The molecule has 0 saturated carbocycles. The molecule has 0 spiro atoms. The van der Waals surface area contributed by atoms with E-state index in [9.17, 15) is 0 Å². The van der Waals surface area contributed by atoms with E-state index in [-0.39, 0.29) is 0 Å². The summed E-state index contributed by atoms with van der Waals surface area (Å²) in [6, 6.07) is 12.1. The predicted octanol–water partition coefficient (Wildman–Crippen LogP) is 3.30. The molecule has 0 bridgehead atoms. The highest BCUT2D eigenvalue weighted by Crippen LogP contribution is 2.07. The van der Waals surface area contributed by atoms with Gasteiger partial charge < -0.3 is 4.57 Å². The summed E-state index contributed by atoms with van der Waals surface area (Å²) in [5, 5.41) is 1.20. The van der Waals surface area contributed by atoms with Crippen molar-refractivity contribution in [2.45, 2.75) is 6.54 Å². The summed E-state index contributed by atoms with van der Waals surface area (Å²) in [7, 11) is 0. The second-order valence-electron chi connectivity index (χ2n) is 3.74. The zero-order chi connectivity index (χ0) is 12.6. The minimum absolute atomic E-state index is 0.847. The Kier molecular flexibility index (Phi) is 4.25. The summed E-state index contributed by atoms with van der Waals surface area (Å²) in [6.45, 7) is 4.43. The number of aromatic nitrogens is 3. The van der Waals surface area contributed by atoms with E-state index in [1.54, 1.807) is 12.5 Å². The number of para-hydroxylation sites is 1. The molecule has 0 N–H and O–H groups in total. The first-order chi connectivity index (χ1) is 8.90. The van der Waals surface area contributed by atoms with Crippen molar-refractivity contribution in [1.82, 2.24) is 14.5 Å². The molecule has 0 atom stereocenters. The molecule has 18 heavy (non-hydrogen) atoms. The average Bonchev–Trinajstić information content (AvgIpc) is 2.93. The van der Waals surface area contributed by atoms with Crippen molar-refractivity contribution in [3.63, 3.8) is 0 Å². The molecular formula is C15H15N3. The van der Waals surface area contributed by atoms with Crippen molar-refractivity contribution >= 4 is 10.9 Å². The quantitative estimate of drug-likeness (QED) is 0.640. The molecular weight excluding hydrogens is 222 g/mol. The largest absolute Gasteiger partial charge is 0.334 e. The second-order valence-corrected chi connectivity index (χ2v) is 3.74. The first-order valence-corrected chi connectivity index (χ1v) is 5.76. The van der Waals surface area contributed by atoms with Gasteiger partial charge in [0, 0.05) is 30.5 Å². The first-order valence-electron chi connectivity index (χ1n) is 5.76. The van der Waals surface area contributed by atoms with Gasteiger partial charge in [-0.3, -0.25) is 4.98 Å². The third-order valence-corrected chi connectivity index (χ3v) is 2.41. The van der Waals surface area contributed by atoms with Gasteiger partial charge in [-0.25, -0.2) is 4.98 Å². The van der Waals surface area contributed by atoms with Crippen molar-refractivity contribution in [3.8, 4) is 0 Å². The standard InChI is InChI=1S/C9H7N.C6H8N2/c1-2-6-9-8(4-1)5-3-7-10-9;1-2-4-8-5-3-7-6-8/h1-7H;2-3,5-6H,1,4H2. The van der Waals surface area contributed by atoms with Crippen LogP contribution in [-0.4, -0.2) is 14.5 Å². The van der Waals surface area contributed by atoms with Gasteiger partial charge in [-0.2, -0.15) is 0 Å². The Balaban J connectivity index is 0.000000138. The van der Waals surface area contributed by atoms with Crippen molar-refractivity contribution in [2.75, 3.05) is 0 Å². The Hall–Kier alpha value is -2.42. The lowest BCUT2D eigenvalue weighted by Gasteiger charge is -1.91. The molecule has 0 fully saturated rings. The first kappa shape index (κ1) is 12.0. The van der Waals surface area contributed by atoms with E-state index in [4.69, 9.17) is 0 Å². The average molecular weight is 237 g/mol. The van der Waals surface area contributed by atoms with E-state index >= 15 is 0 Å². The van der Waals surface area contributed by atoms with Gasteiger partial charge in [0.05, 0.1) is 11.8 Å². The van der Waals surface area contributed by atoms with E-state index < -0.39 is 0 Å². The van der Waals surface area contributed by atoms with E-state index in [0.717, 1.165) is 12.1 Å². The number of nitrogens with zero attached hydrogens (tertiary/aromatic N) is 3. The number of allylic oxidation sites excluding steroid dienone is 1. The maximum Gasteiger partial charge on any atom is 0.0948 e. The third kappa shape index (κ3) is 3.28. The van der Waals surface area contributed by atoms with E-state index in [0.29, 0.717) is 0 Å². The SMILES string of the molecule is C=CCn1ccnc1.c1ccc2ncccc2c1. The molecule has 3 rings (SSSR count). The number of hydrogen-bond donors (Lipinski definition) is 0. The Morgan fingerprint density at radius 3 is 2.67 bits per heavy atom. The summed E-state index contributed by atoms with van der Waals surface area (Å²) in [4.78, 5) is 8.04. The van der Waals surface area contributed by atoms with Crippen LogP contribution in [0, 0.1) is 0 Å². The summed E-state index contributed by atoms with van der Waals surface area (Å²) >= 11 is 0. The number of pyridine rings is 1. The Labute approximate surface area is 106 Å². The molecule has 0 unspecified atom stereocenters. The lowest BCUT2D eigenvalue weighted by molar-refractivity contribution is 0.822. The van der Waals surface area contributed by atoms with Crippen LogP contribution < -0.4 is 0 Å². The van der Waals surface area contributed by atoms with Crippen LogP contribution in [0.15, 0.2) is 74.0 Å². The van der Waals surface area contributed by atoms with E-state index in [2.05, 4.69) is 28.7 Å². The highest BCUT2D eigenvalue weighted by Gasteiger charge is 1.86. The Morgan fingerprint density at radius 1 is 1.11 bits per heavy atom. The molecule has 3 aromatic rings. The topological polar surface area (TPSA) is 30.7 Å². The van der Waals surface area contributed by atoms with Crippen LogP contribution in [0.3, 0.4) is 0 Å². The number of fused-ring (bicyclic) bond motifs is 1. The fraction of sp³-hybridized carbons (Fsp3) is 0.0667. The van der Waals surface area contributed by atoms with Crippen molar-refractivity contribution in [2.24, 2.45) is 0 Å². The van der Waals surface area contributed by atoms with Gasteiger partial charge in [0.1, 0.15) is 0 Å². The maximum atomic E-state index is 4.18. The van der Waals surface area contributed by atoms with Crippen molar-refractivity contribution < 1.29 is 0 Å². The lowest BCUT2D eigenvalue weighted by Crippen LogP contribution is -1.87. The highest BCUT2D eigenvalue weighted by atomic mass is 15.0. The van der Waals surface area contributed by atoms with Crippen LogP contribution in [0.25, 0.3) is 10.9 Å². The van der Waals surface area contributed by atoms with Crippen molar-refractivity contribution in [1.29, 1.82) is 0 Å². The van der Waals surface area contributed by atoms with Crippen LogP contribution in [0.1, 0.15) is 0 Å².